The minimum absolute atomic E-state index is 0.121. The number of nitrogens with one attached hydrogen (secondary N) is 2. The molecule has 1 fully saturated rings. The van der Waals surface area contributed by atoms with E-state index in [2.05, 4.69) is 10.6 Å². The van der Waals surface area contributed by atoms with Gasteiger partial charge in [-0.1, -0.05) is 6.07 Å². The van der Waals surface area contributed by atoms with Crippen LogP contribution in [0.25, 0.3) is 0 Å². The van der Waals surface area contributed by atoms with Crippen LogP contribution in [0.5, 0.6) is 11.5 Å². The van der Waals surface area contributed by atoms with Crippen LogP contribution in [-0.4, -0.2) is 39.3 Å². The van der Waals surface area contributed by atoms with Crippen molar-refractivity contribution in [1.29, 1.82) is 0 Å². The smallest absolute Gasteiger partial charge is 0.220 e. The quantitative estimate of drug-likeness (QED) is 0.749. The first-order valence-corrected chi connectivity index (χ1v) is 7.52. The molecule has 0 bridgehead atoms. The third-order valence-electron chi connectivity index (χ3n) is 3.67. The lowest BCUT2D eigenvalue weighted by atomic mass is 9.94. The molecule has 5 heteroatoms. The van der Waals surface area contributed by atoms with Gasteiger partial charge in [0.25, 0.3) is 0 Å². The SMILES string of the molecule is COc1cccc(OCCNC(=O)CC2CCNCC2)c1. The van der Waals surface area contributed by atoms with Crippen molar-refractivity contribution in [2.45, 2.75) is 19.3 Å². The van der Waals surface area contributed by atoms with Gasteiger partial charge in [0.1, 0.15) is 18.1 Å². The number of carbonyl (C=O) groups excluding carboxylic acids is 1. The fourth-order valence-electron chi connectivity index (χ4n) is 2.47. The second kappa shape index (κ2) is 8.52. The van der Waals surface area contributed by atoms with Crippen molar-refractivity contribution in [3.05, 3.63) is 24.3 Å². The summed E-state index contributed by atoms with van der Waals surface area (Å²) in [6.07, 6.45) is 2.81. The van der Waals surface area contributed by atoms with Crippen LogP contribution in [0.2, 0.25) is 0 Å². The Labute approximate surface area is 126 Å². The van der Waals surface area contributed by atoms with Gasteiger partial charge in [0.15, 0.2) is 0 Å². The van der Waals surface area contributed by atoms with Crippen molar-refractivity contribution < 1.29 is 14.3 Å². The molecule has 1 amide bonds. The molecule has 116 valence electrons. The molecule has 2 N–H and O–H groups in total. The Morgan fingerprint density at radius 3 is 2.86 bits per heavy atom. The van der Waals surface area contributed by atoms with Gasteiger partial charge < -0.3 is 20.1 Å². The summed E-state index contributed by atoms with van der Waals surface area (Å²) in [6, 6.07) is 7.45. The Morgan fingerprint density at radius 1 is 1.33 bits per heavy atom. The minimum Gasteiger partial charge on any atom is -0.497 e. The molecule has 1 aromatic carbocycles. The van der Waals surface area contributed by atoms with Crippen molar-refractivity contribution in [3.63, 3.8) is 0 Å². The normalized spacial score (nSPS) is 15.5. The van der Waals surface area contributed by atoms with Gasteiger partial charge in [0.2, 0.25) is 5.91 Å². The van der Waals surface area contributed by atoms with E-state index in [1.54, 1.807) is 7.11 Å². The maximum atomic E-state index is 11.8. The summed E-state index contributed by atoms with van der Waals surface area (Å²) >= 11 is 0. The number of hydrogen-bond donors (Lipinski definition) is 2. The van der Waals surface area contributed by atoms with E-state index in [1.165, 1.54) is 0 Å². The van der Waals surface area contributed by atoms with E-state index in [0.29, 0.717) is 25.5 Å². The van der Waals surface area contributed by atoms with E-state index < -0.39 is 0 Å². The predicted molar refractivity (Wildman–Crippen MR) is 81.7 cm³/mol. The van der Waals surface area contributed by atoms with Gasteiger partial charge >= 0.3 is 0 Å². The number of methoxy groups -OCH3 is 1. The topological polar surface area (TPSA) is 59.6 Å². The molecular formula is C16H24N2O3. The van der Waals surface area contributed by atoms with E-state index in [-0.39, 0.29) is 5.91 Å². The maximum absolute atomic E-state index is 11.8. The van der Waals surface area contributed by atoms with Crippen LogP contribution in [-0.2, 0) is 4.79 Å². The molecule has 1 aliphatic rings. The molecule has 5 nitrogen and oxygen atoms in total. The van der Waals surface area contributed by atoms with Gasteiger partial charge in [-0.2, -0.15) is 0 Å². The van der Waals surface area contributed by atoms with E-state index >= 15 is 0 Å². The first kappa shape index (κ1) is 15.6. The molecule has 1 aliphatic heterocycles. The number of ether oxygens (including phenoxy) is 2. The molecule has 0 saturated carbocycles. The second-order valence-electron chi connectivity index (χ2n) is 5.27. The number of benzene rings is 1. The van der Waals surface area contributed by atoms with Crippen molar-refractivity contribution in [2.24, 2.45) is 5.92 Å². The highest BCUT2D eigenvalue weighted by Gasteiger charge is 2.16. The van der Waals surface area contributed by atoms with Crippen LogP contribution >= 0.6 is 0 Å². The van der Waals surface area contributed by atoms with Crippen LogP contribution in [0, 0.1) is 5.92 Å². The summed E-state index contributed by atoms with van der Waals surface area (Å²) in [5.74, 6) is 2.16. The third-order valence-corrected chi connectivity index (χ3v) is 3.67. The molecule has 1 aromatic rings. The van der Waals surface area contributed by atoms with Gasteiger partial charge in [-0.15, -0.1) is 0 Å². The highest BCUT2D eigenvalue weighted by atomic mass is 16.5. The van der Waals surface area contributed by atoms with Crippen molar-refractivity contribution in [3.8, 4) is 11.5 Å². The average molecular weight is 292 g/mol. The van der Waals surface area contributed by atoms with E-state index in [4.69, 9.17) is 9.47 Å². The first-order valence-electron chi connectivity index (χ1n) is 7.52. The Morgan fingerprint density at radius 2 is 2.10 bits per heavy atom. The molecule has 0 unspecified atom stereocenters. The molecule has 21 heavy (non-hydrogen) atoms. The van der Waals surface area contributed by atoms with Gasteiger partial charge in [-0.05, 0) is 44.0 Å². The average Bonchev–Trinajstić information content (AvgIpc) is 2.53. The summed E-state index contributed by atoms with van der Waals surface area (Å²) < 4.78 is 10.7. The zero-order valence-corrected chi connectivity index (χ0v) is 12.6. The minimum atomic E-state index is 0.121. The molecule has 0 aromatic heterocycles. The number of carbonyl (C=O) groups is 1. The lowest BCUT2D eigenvalue weighted by molar-refractivity contribution is -0.122. The van der Waals surface area contributed by atoms with E-state index in [0.717, 1.165) is 37.4 Å². The molecule has 2 rings (SSSR count). The van der Waals surface area contributed by atoms with Gasteiger partial charge in [0.05, 0.1) is 13.7 Å². The van der Waals surface area contributed by atoms with Crippen molar-refractivity contribution in [2.75, 3.05) is 33.4 Å². The monoisotopic (exact) mass is 292 g/mol. The van der Waals surface area contributed by atoms with Crippen LogP contribution in [0.3, 0.4) is 0 Å². The lowest BCUT2D eigenvalue weighted by Gasteiger charge is -2.21. The Hall–Kier alpha value is -1.75. The fourth-order valence-corrected chi connectivity index (χ4v) is 2.47. The largest absolute Gasteiger partial charge is 0.497 e. The summed E-state index contributed by atoms with van der Waals surface area (Å²) in [5, 5.41) is 6.22. The van der Waals surface area contributed by atoms with Crippen LogP contribution in [0.15, 0.2) is 24.3 Å². The Bertz CT molecular complexity index is 445. The van der Waals surface area contributed by atoms with Crippen molar-refractivity contribution in [1.82, 2.24) is 10.6 Å². The van der Waals surface area contributed by atoms with Crippen LogP contribution < -0.4 is 20.1 Å². The van der Waals surface area contributed by atoms with E-state index in [1.807, 2.05) is 24.3 Å². The lowest BCUT2D eigenvalue weighted by Crippen LogP contribution is -2.33. The first-order chi connectivity index (χ1) is 10.3. The Kier molecular flexibility index (Phi) is 6.34. The third kappa shape index (κ3) is 5.63. The second-order valence-corrected chi connectivity index (χ2v) is 5.27. The predicted octanol–water partition coefficient (Wildman–Crippen LogP) is 1.58. The zero-order chi connectivity index (χ0) is 14.9. The number of hydrogen-bond acceptors (Lipinski definition) is 4. The maximum Gasteiger partial charge on any atom is 0.220 e. The molecule has 0 spiro atoms. The molecule has 1 saturated heterocycles. The van der Waals surface area contributed by atoms with Crippen LogP contribution in [0.1, 0.15) is 19.3 Å². The molecular weight excluding hydrogens is 268 g/mol. The summed E-state index contributed by atoms with van der Waals surface area (Å²) in [7, 11) is 1.63. The van der Waals surface area contributed by atoms with Gasteiger partial charge in [-0.25, -0.2) is 0 Å². The van der Waals surface area contributed by atoms with Gasteiger partial charge in [0, 0.05) is 12.5 Å². The van der Waals surface area contributed by atoms with E-state index in [9.17, 15) is 4.79 Å². The summed E-state index contributed by atoms with van der Waals surface area (Å²) in [5.41, 5.74) is 0. The highest BCUT2D eigenvalue weighted by Crippen LogP contribution is 2.18. The molecule has 0 radical (unpaired) electrons. The highest BCUT2D eigenvalue weighted by molar-refractivity contribution is 5.76. The zero-order valence-electron chi connectivity index (χ0n) is 12.6. The van der Waals surface area contributed by atoms with Crippen molar-refractivity contribution >= 4 is 5.91 Å². The number of rotatable bonds is 7. The van der Waals surface area contributed by atoms with Gasteiger partial charge in [-0.3, -0.25) is 4.79 Å². The molecule has 0 atom stereocenters. The molecule has 1 heterocycles. The number of amides is 1. The fraction of sp³-hybridized carbons (Fsp3) is 0.562. The summed E-state index contributed by atoms with van der Waals surface area (Å²) in [6.45, 7) is 3.04. The van der Waals surface area contributed by atoms with Crippen LogP contribution in [0.4, 0.5) is 0 Å². The standard InChI is InChI=1S/C16H24N2O3/c1-20-14-3-2-4-15(12-14)21-10-9-18-16(19)11-13-5-7-17-8-6-13/h2-4,12-13,17H,5-11H2,1H3,(H,18,19). The molecule has 0 aliphatic carbocycles. The number of piperidine rings is 1. The summed E-state index contributed by atoms with van der Waals surface area (Å²) in [4.78, 5) is 11.8. The Balaban J connectivity index is 1.61.